The summed E-state index contributed by atoms with van der Waals surface area (Å²) >= 11 is 0. The Balaban J connectivity index is 2.06. The van der Waals surface area contributed by atoms with Crippen LogP contribution in [-0.2, 0) is 9.84 Å². The van der Waals surface area contributed by atoms with Crippen LogP contribution < -0.4 is 5.32 Å². The van der Waals surface area contributed by atoms with Gasteiger partial charge in [-0.25, -0.2) is 18.4 Å². The van der Waals surface area contributed by atoms with Crippen LogP contribution in [0.25, 0.3) is 11.4 Å². The Morgan fingerprint density at radius 1 is 1.15 bits per heavy atom. The van der Waals surface area contributed by atoms with Crippen LogP contribution in [0.3, 0.4) is 0 Å². The van der Waals surface area contributed by atoms with E-state index in [1.54, 1.807) is 12.4 Å². The van der Waals surface area contributed by atoms with Crippen LogP contribution >= 0.6 is 0 Å². The quantitative estimate of drug-likeness (QED) is 0.912. The molecule has 0 aliphatic carbocycles. The number of aromatic nitrogens is 2. The molecule has 0 amide bonds. The molecule has 0 spiro atoms. The van der Waals surface area contributed by atoms with Gasteiger partial charge in [0.2, 0.25) is 0 Å². The van der Waals surface area contributed by atoms with Crippen LogP contribution in [0.1, 0.15) is 6.92 Å². The molecule has 6 heteroatoms. The van der Waals surface area contributed by atoms with Gasteiger partial charge in [0.05, 0.1) is 23.8 Å². The second-order valence-electron chi connectivity index (χ2n) is 4.80. The van der Waals surface area contributed by atoms with Gasteiger partial charge in [0.15, 0.2) is 5.82 Å². The van der Waals surface area contributed by atoms with Crippen molar-refractivity contribution in [2.45, 2.75) is 13.0 Å². The number of benzene rings is 1. The number of nitrogens with zero attached hydrogens (tertiary/aromatic N) is 2. The van der Waals surface area contributed by atoms with Crippen molar-refractivity contribution in [1.82, 2.24) is 9.97 Å². The number of hydrogen-bond donors (Lipinski definition) is 1. The highest BCUT2D eigenvalue weighted by molar-refractivity contribution is 7.90. The molecule has 0 bridgehead atoms. The largest absolute Gasteiger partial charge is 0.379 e. The lowest BCUT2D eigenvalue weighted by molar-refractivity contribution is 0.598. The van der Waals surface area contributed by atoms with E-state index in [0.29, 0.717) is 11.5 Å². The Hall–Kier alpha value is -1.95. The Labute approximate surface area is 119 Å². The molecule has 1 heterocycles. The lowest BCUT2D eigenvalue weighted by Gasteiger charge is -2.13. The molecule has 106 valence electrons. The molecule has 20 heavy (non-hydrogen) atoms. The maximum atomic E-state index is 11.2. The molecular formula is C14H17N3O2S. The molecule has 0 aliphatic rings. The third-order valence-corrected chi connectivity index (χ3v) is 3.76. The topological polar surface area (TPSA) is 72.0 Å². The minimum atomic E-state index is -3.00. The van der Waals surface area contributed by atoms with Crippen molar-refractivity contribution < 1.29 is 8.42 Å². The molecule has 0 fully saturated rings. The third-order valence-electron chi connectivity index (χ3n) is 2.65. The fourth-order valence-electron chi connectivity index (χ4n) is 1.92. The highest BCUT2D eigenvalue weighted by Gasteiger charge is 2.10. The number of anilines is 1. The maximum absolute atomic E-state index is 11.2. The van der Waals surface area contributed by atoms with Crippen molar-refractivity contribution in [1.29, 1.82) is 0 Å². The fraction of sp³-hybridized carbons (Fsp3) is 0.286. The van der Waals surface area contributed by atoms with Crippen LogP contribution in [0.15, 0.2) is 42.7 Å². The van der Waals surface area contributed by atoms with Crippen LogP contribution in [0.5, 0.6) is 0 Å². The zero-order valence-electron chi connectivity index (χ0n) is 11.4. The van der Waals surface area contributed by atoms with Gasteiger partial charge in [-0.3, -0.25) is 0 Å². The zero-order chi connectivity index (χ0) is 14.6. The standard InChI is InChI=1S/C14H17N3O2S/c1-11(10-20(2,18)19)17-13-8-15-14(16-9-13)12-6-4-3-5-7-12/h3-9,11,17H,10H2,1-2H3. The molecule has 1 N–H and O–H groups in total. The van der Waals surface area contributed by atoms with Gasteiger partial charge in [-0.05, 0) is 6.92 Å². The molecule has 5 nitrogen and oxygen atoms in total. The molecule has 1 aromatic heterocycles. The minimum absolute atomic E-state index is 0.0768. The van der Waals surface area contributed by atoms with Crippen molar-refractivity contribution in [2.24, 2.45) is 0 Å². The third kappa shape index (κ3) is 4.31. The number of hydrogen-bond acceptors (Lipinski definition) is 5. The number of nitrogens with one attached hydrogen (secondary N) is 1. The van der Waals surface area contributed by atoms with E-state index in [9.17, 15) is 8.42 Å². The van der Waals surface area contributed by atoms with Crippen molar-refractivity contribution >= 4 is 15.5 Å². The van der Waals surface area contributed by atoms with Gasteiger partial charge >= 0.3 is 0 Å². The molecule has 0 radical (unpaired) electrons. The molecule has 2 rings (SSSR count). The summed E-state index contributed by atoms with van der Waals surface area (Å²) in [5.74, 6) is 0.722. The van der Waals surface area contributed by atoms with Crippen LogP contribution in [0, 0.1) is 0 Å². The van der Waals surface area contributed by atoms with Gasteiger partial charge in [-0.1, -0.05) is 30.3 Å². The zero-order valence-corrected chi connectivity index (χ0v) is 12.3. The van der Waals surface area contributed by atoms with E-state index in [1.807, 2.05) is 37.3 Å². The highest BCUT2D eigenvalue weighted by atomic mass is 32.2. The Kier molecular flexibility index (Phi) is 4.34. The highest BCUT2D eigenvalue weighted by Crippen LogP contribution is 2.15. The summed E-state index contributed by atoms with van der Waals surface area (Å²) in [5.41, 5.74) is 1.66. The van der Waals surface area contributed by atoms with Crippen molar-refractivity contribution in [3.05, 3.63) is 42.7 Å². The van der Waals surface area contributed by atoms with Crippen LogP contribution in [0.2, 0.25) is 0 Å². The van der Waals surface area contributed by atoms with E-state index in [1.165, 1.54) is 6.26 Å². The first-order valence-corrected chi connectivity index (χ1v) is 8.32. The molecule has 0 saturated heterocycles. The smallest absolute Gasteiger partial charge is 0.159 e. The average Bonchev–Trinajstić information content (AvgIpc) is 2.38. The van der Waals surface area contributed by atoms with Crippen molar-refractivity contribution in [3.8, 4) is 11.4 Å². The molecule has 2 aromatic rings. The Morgan fingerprint density at radius 2 is 1.75 bits per heavy atom. The summed E-state index contributed by atoms with van der Waals surface area (Å²) in [6.45, 7) is 1.81. The fourth-order valence-corrected chi connectivity index (χ4v) is 2.91. The van der Waals surface area contributed by atoms with Gasteiger partial charge in [0, 0.05) is 17.9 Å². The van der Waals surface area contributed by atoms with Crippen molar-refractivity contribution in [2.75, 3.05) is 17.3 Å². The SMILES string of the molecule is CC(CS(C)(=O)=O)Nc1cnc(-c2ccccc2)nc1. The van der Waals surface area contributed by atoms with E-state index in [-0.39, 0.29) is 11.8 Å². The van der Waals surface area contributed by atoms with Crippen LogP contribution in [0.4, 0.5) is 5.69 Å². The number of sulfone groups is 1. The van der Waals surface area contributed by atoms with Gasteiger partial charge in [0.25, 0.3) is 0 Å². The van der Waals surface area contributed by atoms with Gasteiger partial charge in [-0.2, -0.15) is 0 Å². The Bertz CT molecular complexity index is 655. The predicted octanol–water partition coefficient (Wildman–Crippen LogP) is 1.99. The first-order valence-electron chi connectivity index (χ1n) is 6.26. The molecule has 0 saturated carbocycles. The van der Waals surface area contributed by atoms with E-state index in [0.717, 1.165) is 5.56 Å². The second kappa shape index (κ2) is 6.00. The molecular weight excluding hydrogens is 274 g/mol. The van der Waals surface area contributed by atoms with E-state index in [4.69, 9.17) is 0 Å². The monoisotopic (exact) mass is 291 g/mol. The summed E-state index contributed by atoms with van der Waals surface area (Å²) in [7, 11) is -3.00. The normalized spacial score (nSPS) is 12.9. The summed E-state index contributed by atoms with van der Waals surface area (Å²) in [5, 5.41) is 3.07. The van der Waals surface area contributed by atoms with E-state index >= 15 is 0 Å². The first-order chi connectivity index (χ1) is 9.44. The number of rotatable bonds is 5. The molecule has 1 unspecified atom stereocenters. The molecule has 1 aromatic carbocycles. The predicted molar refractivity (Wildman–Crippen MR) is 80.3 cm³/mol. The summed E-state index contributed by atoms with van der Waals surface area (Å²) < 4.78 is 22.4. The summed E-state index contributed by atoms with van der Waals surface area (Å²) in [6, 6.07) is 9.49. The lowest BCUT2D eigenvalue weighted by atomic mass is 10.2. The maximum Gasteiger partial charge on any atom is 0.159 e. The summed E-state index contributed by atoms with van der Waals surface area (Å²) in [4.78, 5) is 8.55. The molecule has 0 aliphatic heterocycles. The van der Waals surface area contributed by atoms with Crippen molar-refractivity contribution in [3.63, 3.8) is 0 Å². The van der Waals surface area contributed by atoms with E-state index in [2.05, 4.69) is 15.3 Å². The first kappa shape index (κ1) is 14.5. The van der Waals surface area contributed by atoms with E-state index < -0.39 is 9.84 Å². The van der Waals surface area contributed by atoms with Gasteiger partial charge in [0.1, 0.15) is 9.84 Å². The second-order valence-corrected chi connectivity index (χ2v) is 6.98. The lowest BCUT2D eigenvalue weighted by Crippen LogP contribution is -2.25. The van der Waals surface area contributed by atoms with Gasteiger partial charge in [-0.15, -0.1) is 0 Å². The van der Waals surface area contributed by atoms with Crippen LogP contribution in [-0.4, -0.2) is 36.4 Å². The Morgan fingerprint density at radius 3 is 2.30 bits per heavy atom. The summed E-state index contributed by atoms with van der Waals surface area (Å²) in [6.07, 6.45) is 4.54. The van der Waals surface area contributed by atoms with Gasteiger partial charge < -0.3 is 5.32 Å². The average molecular weight is 291 g/mol. The minimum Gasteiger partial charge on any atom is -0.379 e. The molecule has 1 atom stereocenters.